The van der Waals surface area contributed by atoms with Gasteiger partial charge in [0.1, 0.15) is 5.75 Å². The van der Waals surface area contributed by atoms with Gasteiger partial charge < -0.3 is 9.47 Å². The number of ether oxygens (including phenoxy) is 2. The van der Waals surface area contributed by atoms with Crippen LogP contribution in [0.15, 0.2) is 54.6 Å². The van der Waals surface area contributed by atoms with Gasteiger partial charge in [-0.1, -0.05) is 48.5 Å². The first kappa shape index (κ1) is 13.5. The zero-order chi connectivity index (χ0) is 13.9. The minimum Gasteiger partial charge on any atom is -0.493 e. The Morgan fingerprint density at radius 2 is 1.80 bits per heavy atom. The first-order valence-electron chi connectivity index (χ1n) is 6.75. The highest BCUT2D eigenvalue weighted by molar-refractivity contribution is 6.21. The van der Waals surface area contributed by atoms with E-state index in [0.29, 0.717) is 6.61 Å². The molecule has 0 radical (unpaired) electrons. The Bertz CT molecular complexity index is 570. The monoisotopic (exact) mass is 288 g/mol. The molecule has 3 rings (SSSR count). The highest BCUT2D eigenvalue weighted by Crippen LogP contribution is 2.45. The second-order valence-corrected chi connectivity index (χ2v) is 5.45. The van der Waals surface area contributed by atoms with Gasteiger partial charge in [0.15, 0.2) is 0 Å². The third kappa shape index (κ3) is 2.41. The highest BCUT2D eigenvalue weighted by Gasteiger charge is 2.36. The number of para-hydroxylation sites is 1. The fourth-order valence-electron chi connectivity index (χ4n) is 2.77. The molecule has 0 aromatic heterocycles. The fraction of sp³-hybridized carbons (Fsp3) is 0.294. The number of alkyl halides is 1. The maximum absolute atomic E-state index is 6.67. The standard InChI is InChI=1S/C17H17ClO2/c1-19-17-13-9-5-6-10-15(13)20-11-14(17)16(18)12-7-3-2-4-8-12/h2-10,14,16-17H,11H2,1H3/t14-,16?,17-/m1/s1. The van der Waals surface area contributed by atoms with Crippen LogP contribution in [-0.4, -0.2) is 13.7 Å². The maximum atomic E-state index is 6.67. The van der Waals surface area contributed by atoms with Crippen LogP contribution in [-0.2, 0) is 4.74 Å². The van der Waals surface area contributed by atoms with E-state index in [-0.39, 0.29) is 17.4 Å². The van der Waals surface area contributed by atoms with Crippen molar-refractivity contribution in [3.05, 3.63) is 65.7 Å². The van der Waals surface area contributed by atoms with Gasteiger partial charge in [-0.05, 0) is 11.6 Å². The Balaban J connectivity index is 1.91. The van der Waals surface area contributed by atoms with Gasteiger partial charge in [-0.25, -0.2) is 0 Å². The number of halogens is 1. The Morgan fingerprint density at radius 1 is 1.10 bits per heavy atom. The summed E-state index contributed by atoms with van der Waals surface area (Å²) in [5.74, 6) is 0.992. The molecule has 2 aromatic rings. The largest absolute Gasteiger partial charge is 0.493 e. The number of methoxy groups -OCH3 is 1. The molecule has 0 N–H and O–H groups in total. The molecule has 0 fully saturated rings. The maximum Gasteiger partial charge on any atom is 0.125 e. The molecule has 0 aliphatic carbocycles. The summed E-state index contributed by atoms with van der Waals surface area (Å²) >= 11 is 6.67. The fourth-order valence-corrected chi connectivity index (χ4v) is 3.13. The third-order valence-corrected chi connectivity index (χ3v) is 4.37. The second-order valence-electron chi connectivity index (χ2n) is 4.98. The Kier molecular flexibility index (Phi) is 3.95. The summed E-state index contributed by atoms with van der Waals surface area (Å²) in [6.45, 7) is 0.568. The van der Waals surface area contributed by atoms with E-state index in [0.717, 1.165) is 16.9 Å². The summed E-state index contributed by atoms with van der Waals surface area (Å²) in [6.07, 6.45) is -0.0392. The molecule has 1 heterocycles. The van der Waals surface area contributed by atoms with Gasteiger partial charge in [0.25, 0.3) is 0 Å². The summed E-state index contributed by atoms with van der Waals surface area (Å²) in [4.78, 5) is 0. The minimum atomic E-state index is -0.130. The molecule has 0 saturated carbocycles. The highest BCUT2D eigenvalue weighted by atomic mass is 35.5. The first-order chi connectivity index (χ1) is 9.81. The van der Waals surface area contributed by atoms with Gasteiger partial charge in [0.2, 0.25) is 0 Å². The molecule has 3 atom stereocenters. The van der Waals surface area contributed by atoms with Crippen molar-refractivity contribution in [3.8, 4) is 5.75 Å². The lowest BCUT2D eigenvalue weighted by molar-refractivity contribution is 0.00965. The van der Waals surface area contributed by atoms with Crippen molar-refractivity contribution >= 4 is 11.6 Å². The number of hydrogen-bond donors (Lipinski definition) is 0. The van der Waals surface area contributed by atoms with E-state index in [1.165, 1.54) is 0 Å². The summed E-state index contributed by atoms with van der Waals surface area (Å²) < 4.78 is 11.6. The zero-order valence-electron chi connectivity index (χ0n) is 11.3. The predicted octanol–water partition coefficient (Wildman–Crippen LogP) is 4.36. The molecule has 2 nitrogen and oxygen atoms in total. The topological polar surface area (TPSA) is 18.5 Å². The number of fused-ring (bicyclic) bond motifs is 1. The van der Waals surface area contributed by atoms with Crippen LogP contribution in [0.4, 0.5) is 0 Å². The van der Waals surface area contributed by atoms with Crippen molar-refractivity contribution < 1.29 is 9.47 Å². The van der Waals surface area contributed by atoms with Crippen molar-refractivity contribution in [2.45, 2.75) is 11.5 Å². The van der Waals surface area contributed by atoms with Gasteiger partial charge in [0.05, 0.1) is 18.1 Å². The molecular formula is C17H17ClO2. The first-order valence-corrected chi connectivity index (χ1v) is 7.18. The lowest BCUT2D eigenvalue weighted by Crippen LogP contribution is -2.30. The summed E-state index contributed by atoms with van der Waals surface area (Å²) in [6, 6.07) is 18.1. The van der Waals surface area contributed by atoms with Crippen LogP contribution >= 0.6 is 11.6 Å². The minimum absolute atomic E-state index is 0.0392. The van der Waals surface area contributed by atoms with Gasteiger partial charge in [-0.15, -0.1) is 11.6 Å². The SMILES string of the molecule is CO[C@@H]1c2ccccc2OC[C@@H]1C(Cl)c1ccccc1. The Morgan fingerprint density at radius 3 is 2.55 bits per heavy atom. The Hall–Kier alpha value is -1.51. The van der Waals surface area contributed by atoms with Crippen LogP contribution in [0.25, 0.3) is 0 Å². The van der Waals surface area contributed by atoms with E-state index in [2.05, 4.69) is 0 Å². The van der Waals surface area contributed by atoms with Crippen LogP contribution in [0.5, 0.6) is 5.75 Å². The van der Waals surface area contributed by atoms with Crippen molar-refractivity contribution in [2.24, 2.45) is 5.92 Å². The van der Waals surface area contributed by atoms with Crippen LogP contribution in [0.2, 0.25) is 0 Å². The summed E-state index contributed by atoms with van der Waals surface area (Å²) in [5.41, 5.74) is 2.18. The zero-order valence-corrected chi connectivity index (χ0v) is 12.1. The molecule has 1 unspecified atom stereocenters. The predicted molar refractivity (Wildman–Crippen MR) is 80.2 cm³/mol. The van der Waals surface area contributed by atoms with Crippen LogP contribution in [0, 0.1) is 5.92 Å². The van der Waals surface area contributed by atoms with Gasteiger partial charge in [-0.3, -0.25) is 0 Å². The number of rotatable bonds is 3. The molecule has 3 heteroatoms. The molecule has 2 aromatic carbocycles. The van der Waals surface area contributed by atoms with Crippen molar-refractivity contribution in [1.29, 1.82) is 0 Å². The number of benzene rings is 2. The number of hydrogen-bond acceptors (Lipinski definition) is 2. The van der Waals surface area contributed by atoms with Crippen LogP contribution in [0.3, 0.4) is 0 Å². The van der Waals surface area contributed by atoms with E-state index >= 15 is 0 Å². The lowest BCUT2D eigenvalue weighted by atomic mass is 9.87. The molecule has 0 spiro atoms. The molecule has 1 aliphatic heterocycles. The van der Waals surface area contributed by atoms with Gasteiger partial charge >= 0.3 is 0 Å². The quantitative estimate of drug-likeness (QED) is 0.781. The molecule has 0 saturated heterocycles. The van der Waals surface area contributed by atoms with Crippen LogP contribution in [0.1, 0.15) is 22.6 Å². The average molecular weight is 289 g/mol. The summed E-state index contributed by atoms with van der Waals surface area (Å²) in [7, 11) is 1.73. The van der Waals surface area contributed by atoms with Crippen molar-refractivity contribution in [3.63, 3.8) is 0 Å². The Labute approximate surface area is 124 Å². The average Bonchev–Trinajstić information content (AvgIpc) is 2.54. The second kappa shape index (κ2) is 5.86. The van der Waals surface area contributed by atoms with Crippen LogP contribution < -0.4 is 4.74 Å². The molecule has 0 amide bonds. The molecule has 1 aliphatic rings. The molecular weight excluding hydrogens is 272 g/mol. The normalized spacial score (nSPS) is 22.7. The van der Waals surface area contributed by atoms with E-state index in [1.54, 1.807) is 7.11 Å². The van der Waals surface area contributed by atoms with Gasteiger partial charge in [-0.2, -0.15) is 0 Å². The van der Waals surface area contributed by atoms with E-state index in [4.69, 9.17) is 21.1 Å². The van der Waals surface area contributed by atoms with E-state index in [9.17, 15) is 0 Å². The van der Waals surface area contributed by atoms with Crippen molar-refractivity contribution in [1.82, 2.24) is 0 Å². The third-order valence-electron chi connectivity index (χ3n) is 3.79. The van der Waals surface area contributed by atoms with Crippen molar-refractivity contribution in [2.75, 3.05) is 13.7 Å². The molecule has 20 heavy (non-hydrogen) atoms. The molecule has 104 valence electrons. The van der Waals surface area contributed by atoms with Gasteiger partial charge in [0, 0.05) is 18.6 Å². The smallest absolute Gasteiger partial charge is 0.125 e. The van der Waals surface area contributed by atoms with E-state index < -0.39 is 0 Å². The summed E-state index contributed by atoms with van der Waals surface area (Å²) in [5, 5.41) is -0.130. The molecule has 0 bridgehead atoms. The lowest BCUT2D eigenvalue weighted by Gasteiger charge is -2.35. The van der Waals surface area contributed by atoms with E-state index in [1.807, 2.05) is 54.6 Å².